The average Bonchev–Trinajstić information content (AvgIpc) is 3.62. The molecule has 2 N–H and O–H groups in total. The number of phenols is 1. The van der Waals surface area contributed by atoms with Gasteiger partial charge in [0.15, 0.2) is 28.6 Å². The molecule has 11 nitrogen and oxygen atoms in total. The normalized spacial score (nSPS) is 15.0. The third-order valence-corrected chi connectivity index (χ3v) is 6.43. The summed E-state index contributed by atoms with van der Waals surface area (Å²) in [4.78, 5) is 18.5. The Morgan fingerprint density at radius 2 is 2.05 bits per heavy atom. The van der Waals surface area contributed by atoms with Gasteiger partial charge in [-0.25, -0.2) is 28.4 Å². The van der Waals surface area contributed by atoms with Gasteiger partial charge in [0, 0.05) is 0 Å². The predicted octanol–water partition coefficient (Wildman–Crippen LogP) is 3.34. The van der Waals surface area contributed by atoms with E-state index in [1.54, 1.807) is 18.2 Å². The second-order valence-electron chi connectivity index (χ2n) is 8.77. The number of aromatic nitrogens is 4. The third kappa shape index (κ3) is 5.22. The van der Waals surface area contributed by atoms with E-state index in [9.17, 15) is 13.5 Å². The van der Waals surface area contributed by atoms with Crippen LogP contribution in [0.15, 0.2) is 40.7 Å². The lowest BCUT2D eigenvalue weighted by atomic mass is 10.2. The van der Waals surface area contributed by atoms with Gasteiger partial charge in [-0.3, -0.25) is 9.29 Å². The molecule has 192 valence electrons. The maximum atomic E-state index is 12.2. The molecule has 0 amide bonds. The molecule has 1 aromatic carbocycles. The minimum absolute atomic E-state index is 0.109. The number of nitrogens with one attached hydrogen (secondary N) is 1. The summed E-state index contributed by atoms with van der Waals surface area (Å²) in [5.41, 5.74) is 7.28. The maximum absolute atomic E-state index is 12.2. The van der Waals surface area contributed by atoms with Crippen molar-refractivity contribution in [3.63, 3.8) is 0 Å². The van der Waals surface area contributed by atoms with Crippen LogP contribution in [-0.2, 0) is 21.2 Å². The summed E-state index contributed by atoms with van der Waals surface area (Å²) in [5, 5.41) is 10.9. The van der Waals surface area contributed by atoms with Gasteiger partial charge in [0.25, 0.3) is 0 Å². The maximum Gasteiger partial charge on any atom is 0.231 e. The van der Waals surface area contributed by atoms with Crippen molar-refractivity contribution >= 4 is 38.7 Å². The van der Waals surface area contributed by atoms with Gasteiger partial charge in [-0.05, 0) is 43.5 Å². The smallest absolute Gasteiger partial charge is 0.231 e. The van der Waals surface area contributed by atoms with Crippen molar-refractivity contribution in [1.29, 1.82) is 0 Å². The fourth-order valence-corrected chi connectivity index (χ4v) is 4.56. The van der Waals surface area contributed by atoms with Gasteiger partial charge in [0.05, 0.1) is 31.7 Å². The Labute approximate surface area is 214 Å². The summed E-state index contributed by atoms with van der Waals surface area (Å²) in [6, 6.07) is 4.82. The van der Waals surface area contributed by atoms with Crippen LogP contribution in [0.2, 0.25) is 0 Å². The van der Waals surface area contributed by atoms with E-state index in [2.05, 4.69) is 26.2 Å². The van der Waals surface area contributed by atoms with Crippen molar-refractivity contribution in [1.82, 2.24) is 19.5 Å². The molecule has 0 saturated heterocycles. The van der Waals surface area contributed by atoms with Gasteiger partial charge in [-0.2, -0.15) is 0 Å². The van der Waals surface area contributed by atoms with Crippen LogP contribution in [0.3, 0.4) is 0 Å². The van der Waals surface area contributed by atoms with Crippen LogP contribution in [0, 0.1) is 5.92 Å². The first-order valence-electron chi connectivity index (χ1n) is 11.8. The zero-order valence-corrected chi connectivity index (χ0v) is 21.5. The van der Waals surface area contributed by atoms with E-state index < -0.39 is 10.0 Å². The van der Waals surface area contributed by atoms with E-state index in [0.717, 1.165) is 25.5 Å². The number of phenolic OH excluding ortho intramolecular Hbond substituents is 1. The van der Waals surface area contributed by atoms with E-state index in [0.29, 0.717) is 36.3 Å². The zero-order valence-electron chi connectivity index (χ0n) is 20.6. The molecular formula is C25H26N6O5S. The Morgan fingerprint density at radius 3 is 2.76 bits per heavy atom. The van der Waals surface area contributed by atoms with Crippen LogP contribution in [0.1, 0.15) is 37.7 Å². The fraction of sp³-hybridized carbons (Fsp3) is 0.360. The molecule has 37 heavy (non-hydrogen) atoms. The highest BCUT2D eigenvalue weighted by molar-refractivity contribution is 7.92. The molecule has 1 aliphatic heterocycles. The minimum Gasteiger partial charge on any atom is -0.506 e. The number of nitrogens with zero attached hydrogens (tertiary/aromatic N) is 5. The largest absolute Gasteiger partial charge is 0.506 e. The summed E-state index contributed by atoms with van der Waals surface area (Å²) in [7, 11) is -2.17. The number of aryl methyl sites for hydroxylation is 1. The highest BCUT2D eigenvalue weighted by Gasteiger charge is 2.27. The van der Waals surface area contributed by atoms with E-state index in [-0.39, 0.29) is 40.1 Å². The molecule has 1 saturated carbocycles. The zero-order chi connectivity index (χ0) is 26.2. The number of imidazole rings is 1. The summed E-state index contributed by atoms with van der Waals surface area (Å²) >= 11 is 0. The number of hydrogen-bond donors (Lipinski definition) is 2. The van der Waals surface area contributed by atoms with E-state index >= 15 is 0 Å². The summed E-state index contributed by atoms with van der Waals surface area (Å²) in [6.07, 6.45) is 6.36. The number of methoxy groups -OCH3 is 1. The number of aromatic hydroxyl groups is 1. The second kappa shape index (κ2) is 9.74. The summed E-state index contributed by atoms with van der Waals surface area (Å²) < 4.78 is 39.4. The lowest BCUT2D eigenvalue weighted by Gasteiger charge is -2.15. The lowest BCUT2D eigenvalue weighted by Crippen LogP contribution is -2.15. The Balaban J connectivity index is 1.79. The number of benzene rings is 1. The standard InChI is InChI=1S/C25H26N6O5S/c1-4-36-20-10-5-7-17(26-20)24-29-23-25(31(24)21-18(32)8-6-9-19(21)35-2)28-22(30-37(3,33)34)16(27-23)14-13-15-11-12-15/h6,8-10,15,32H,4,11-14H2,1-3H3,(H,28,30). The second-order valence-corrected chi connectivity index (χ2v) is 10.5. The molecule has 1 aliphatic carbocycles. The molecule has 0 radical (unpaired) electrons. The molecule has 3 heterocycles. The van der Waals surface area contributed by atoms with Crippen molar-refractivity contribution < 1.29 is 23.0 Å². The minimum atomic E-state index is -3.64. The summed E-state index contributed by atoms with van der Waals surface area (Å²) in [6.45, 7) is 2.25. The first-order valence-corrected chi connectivity index (χ1v) is 13.7. The molecule has 0 unspecified atom stereocenters. The molecule has 2 aromatic heterocycles. The van der Waals surface area contributed by atoms with Crippen LogP contribution in [-0.4, -0.2) is 58.9 Å². The number of para-hydroxylation sites is 1. The van der Waals surface area contributed by atoms with Gasteiger partial charge in [0.1, 0.15) is 17.2 Å². The van der Waals surface area contributed by atoms with Crippen molar-refractivity contribution in [2.45, 2.75) is 32.6 Å². The van der Waals surface area contributed by atoms with Gasteiger partial charge >= 0.3 is 0 Å². The average molecular weight is 523 g/mol. The number of fused-ring (bicyclic) bond motifs is 1. The fourth-order valence-electron chi connectivity index (χ4n) is 4.04. The summed E-state index contributed by atoms with van der Waals surface area (Å²) in [5.74, 6) is 1.52. The number of anilines is 1. The highest BCUT2D eigenvalue weighted by atomic mass is 32.2. The molecule has 0 spiro atoms. The predicted molar refractivity (Wildman–Crippen MR) is 138 cm³/mol. The number of aliphatic imine (C=N–C) groups is 1. The molecule has 5 rings (SSSR count). The van der Waals surface area contributed by atoms with Gasteiger partial charge in [-0.1, -0.05) is 24.6 Å². The monoisotopic (exact) mass is 522 g/mol. The van der Waals surface area contributed by atoms with E-state index in [1.165, 1.54) is 17.7 Å². The number of rotatable bonds is 9. The lowest BCUT2D eigenvalue weighted by molar-refractivity contribution is 0.330. The van der Waals surface area contributed by atoms with Gasteiger partial charge < -0.3 is 14.6 Å². The van der Waals surface area contributed by atoms with E-state index in [1.807, 2.05) is 6.92 Å². The van der Waals surface area contributed by atoms with Crippen molar-refractivity contribution in [2.24, 2.45) is 10.9 Å². The molecule has 2 aliphatic rings. The SMILES string of the molecule is CCOC1=NC(c2nc3nc(CCC4CC4)c(NS(C)(=O)=O)nc3n2-c2c(O)cccc2OC)=C=C=C1. The highest BCUT2D eigenvalue weighted by Crippen LogP contribution is 2.38. The van der Waals surface area contributed by atoms with Crippen LogP contribution >= 0.6 is 0 Å². The molecule has 3 aromatic rings. The van der Waals surface area contributed by atoms with Crippen LogP contribution < -0.4 is 9.46 Å². The Kier molecular flexibility index (Phi) is 6.47. The number of hydrogen-bond acceptors (Lipinski definition) is 9. The number of ether oxygens (including phenoxy) is 2. The molecule has 12 heteroatoms. The molecule has 1 fully saturated rings. The van der Waals surface area contributed by atoms with Crippen LogP contribution in [0.4, 0.5) is 5.82 Å². The Morgan fingerprint density at radius 1 is 1.24 bits per heavy atom. The Bertz CT molecular complexity index is 1620. The van der Waals surface area contributed by atoms with Gasteiger partial charge in [0.2, 0.25) is 15.9 Å². The third-order valence-electron chi connectivity index (χ3n) is 5.87. The van der Waals surface area contributed by atoms with Crippen molar-refractivity contribution in [3.8, 4) is 17.2 Å². The van der Waals surface area contributed by atoms with Crippen LogP contribution in [0.5, 0.6) is 11.5 Å². The first-order chi connectivity index (χ1) is 17.8. The topological polar surface area (TPSA) is 141 Å². The molecule has 0 bridgehead atoms. The first kappa shape index (κ1) is 24.6. The van der Waals surface area contributed by atoms with Crippen LogP contribution in [0.25, 0.3) is 22.7 Å². The quantitative estimate of drug-likeness (QED) is 0.408. The van der Waals surface area contributed by atoms with Gasteiger partial charge in [-0.15, -0.1) is 0 Å². The number of sulfonamides is 1. The van der Waals surface area contributed by atoms with Crippen molar-refractivity contribution in [2.75, 3.05) is 24.7 Å². The molecular weight excluding hydrogens is 496 g/mol. The van der Waals surface area contributed by atoms with Crippen molar-refractivity contribution in [3.05, 3.63) is 47.3 Å². The Hall–Kier alpha value is -4.11. The van der Waals surface area contributed by atoms with E-state index in [4.69, 9.17) is 19.4 Å². The molecule has 0 atom stereocenters.